The Bertz CT molecular complexity index is 754. The Kier molecular flexibility index (Phi) is 7.43. The number of anilines is 1. The molecule has 0 unspecified atom stereocenters. The number of nitrogens with one attached hydrogen (secondary N) is 2. The zero-order chi connectivity index (χ0) is 20.7. The zero-order valence-electron chi connectivity index (χ0n) is 16.7. The van der Waals surface area contributed by atoms with Gasteiger partial charge < -0.3 is 25.0 Å². The van der Waals surface area contributed by atoms with Crippen LogP contribution in [0.25, 0.3) is 0 Å². The van der Waals surface area contributed by atoms with Crippen molar-refractivity contribution in [2.45, 2.75) is 33.7 Å². The molecule has 2 amide bonds. The van der Waals surface area contributed by atoms with E-state index < -0.39 is 24.0 Å². The number of benzene rings is 1. The molecule has 1 aliphatic heterocycles. The molecule has 2 rings (SSSR count). The van der Waals surface area contributed by atoms with Gasteiger partial charge in [-0.05, 0) is 52.0 Å². The average molecular weight is 389 g/mol. The van der Waals surface area contributed by atoms with Crippen LogP contribution in [0.3, 0.4) is 0 Å². The summed E-state index contributed by atoms with van der Waals surface area (Å²) in [7, 11) is 0. The molecule has 1 atom stereocenters. The summed E-state index contributed by atoms with van der Waals surface area (Å²) >= 11 is 0. The van der Waals surface area contributed by atoms with Crippen LogP contribution < -0.4 is 15.5 Å². The standard InChI is InChI=1S/C20H27N3O5/c1-5-23(6-2)15-10-8-14(9-11-15)18(24)28-12-16-17(19(25)27-7-3)13(4)21-20(26)22-16/h8-11,13H,5-7,12H2,1-4H3,(H2,21,22,26)/t13-/m0/s1. The predicted octanol–water partition coefficient (Wildman–Crippen LogP) is 2.21. The number of hydrogen-bond acceptors (Lipinski definition) is 6. The molecule has 8 nitrogen and oxygen atoms in total. The Morgan fingerprint density at radius 1 is 1.04 bits per heavy atom. The van der Waals surface area contributed by atoms with Crippen molar-refractivity contribution < 1.29 is 23.9 Å². The van der Waals surface area contributed by atoms with Crippen LogP contribution in [-0.4, -0.2) is 50.3 Å². The van der Waals surface area contributed by atoms with E-state index in [1.54, 1.807) is 26.0 Å². The van der Waals surface area contributed by atoms with Crippen LogP contribution in [0.1, 0.15) is 38.1 Å². The van der Waals surface area contributed by atoms with Gasteiger partial charge in [-0.25, -0.2) is 14.4 Å². The van der Waals surface area contributed by atoms with Gasteiger partial charge in [0, 0.05) is 18.8 Å². The van der Waals surface area contributed by atoms with Gasteiger partial charge in [0.1, 0.15) is 6.61 Å². The summed E-state index contributed by atoms with van der Waals surface area (Å²) in [5, 5.41) is 5.12. The summed E-state index contributed by atoms with van der Waals surface area (Å²) in [6.07, 6.45) is 0. The second kappa shape index (κ2) is 9.77. The van der Waals surface area contributed by atoms with Gasteiger partial charge in [-0.3, -0.25) is 0 Å². The highest BCUT2D eigenvalue weighted by Crippen LogP contribution is 2.17. The zero-order valence-corrected chi connectivity index (χ0v) is 16.7. The molecule has 8 heteroatoms. The van der Waals surface area contributed by atoms with Gasteiger partial charge in [0.15, 0.2) is 0 Å². The average Bonchev–Trinajstić information content (AvgIpc) is 2.67. The highest BCUT2D eigenvalue weighted by Gasteiger charge is 2.30. The van der Waals surface area contributed by atoms with E-state index in [0.29, 0.717) is 5.56 Å². The lowest BCUT2D eigenvalue weighted by Gasteiger charge is -2.26. The second-order valence-corrected chi connectivity index (χ2v) is 6.23. The van der Waals surface area contributed by atoms with E-state index in [-0.39, 0.29) is 24.5 Å². The Labute approximate surface area is 164 Å². The third kappa shape index (κ3) is 5.03. The molecule has 1 heterocycles. The summed E-state index contributed by atoms with van der Waals surface area (Å²) in [5.41, 5.74) is 1.88. The Balaban J connectivity index is 2.11. The van der Waals surface area contributed by atoms with E-state index in [9.17, 15) is 14.4 Å². The van der Waals surface area contributed by atoms with Crippen molar-refractivity contribution in [2.75, 3.05) is 31.2 Å². The molecule has 0 bridgehead atoms. The predicted molar refractivity (Wildman–Crippen MR) is 105 cm³/mol. The number of ether oxygens (including phenoxy) is 2. The van der Waals surface area contributed by atoms with Gasteiger partial charge in [-0.2, -0.15) is 0 Å². The molecule has 0 aromatic heterocycles. The number of hydrogen-bond donors (Lipinski definition) is 2. The van der Waals surface area contributed by atoms with E-state index in [1.807, 2.05) is 12.1 Å². The smallest absolute Gasteiger partial charge is 0.338 e. The summed E-state index contributed by atoms with van der Waals surface area (Å²) < 4.78 is 10.3. The molecule has 28 heavy (non-hydrogen) atoms. The van der Waals surface area contributed by atoms with Gasteiger partial charge in [-0.1, -0.05) is 0 Å². The number of urea groups is 1. The minimum Gasteiger partial charge on any atom is -0.463 e. The van der Waals surface area contributed by atoms with E-state index in [0.717, 1.165) is 18.8 Å². The van der Waals surface area contributed by atoms with Crippen molar-refractivity contribution >= 4 is 23.7 Å². The molecule has 1 aromatic rings. The van der Waals surface area contributed by atoms with Crippen LogP contribution in [0.4, 0.5) is 10.5 Å². The molecule has 152 valence electrons. The van der Waals surface area contributed by atoms with Gasteiger partial charge >= 0.3 is 18.0 Å². The van der Waals surface area contributed by atoms with Crippen molar-refractivity contribution in [3.63, 3.8) is 0 Å². The first kappa shape index (κ1) is 21.3. The Hall–Kier alpha value is -3.03. The fourth-order valence-corrected chi connectivity index (χ4v) is 3.01. The van der Waals surface area contributed by atoms with E-state index in [2.05, 4.69) is 29.4 Å². The van der Waals surface area contributed by atoms with Crippen LogP contribution in [-0.2, 0) is 14.3 Å². The third-order valence-corrected chi connectivity index (χ3v) is 4.44. The van der Waals surface area contributed by atoms with E-state index in [1.165, 1.54) is 0 Å². The van der Waals surface area contributed by atoms with Gasteiger partial charge in [0.05, 0.1) is 29.5 Å². The normalized spacial score (nSPS) is 16.1. The van der Waals surface area contributed by atoms with Gasteiger partial charge in [-0.15, -0.1) is 0 Å². The first-order valence-corrected chi connectivity index (χ1v) is 9.40. The summed E-state index contributed by atoms with van der Waals surface area (Å²) in [4.78, 5) is 38.4. The molecular formula is C20H27N3O5. The fraction of sp³-hybridized carbons (Fsp3) is 0.450. The first-order valence-electron chi connectivity index (χ1n) is 9.40. The molecule has 1 aromatic carbocycles. The minimum atomic E-state index is -0.558. The molecule has 0 fully saturated rings. The first-order chi connectivity index (χ1) is 13.4. The number of carbonyl (C=O) groups excluding carboxylic acids is 3. The molecule has 0 radical (unpaired) electrons. The number of nitrogens with zero attached hydrogens (tertiary/aromatic N) is 1. The molecule has 0 aliphatic carbocycles. The Morgan fingerprint density at radius 2 is 1.68 bits per heavy atom. The molecular weight excluding hydrogens is 362 g/mol. The largest absolute Gasteiger partial charge is 0.463 e. The number of carbonyl (C=O) groups is 3. The minimum absolute atomic E-state index is 0.203. The topological polar surface area (TPSA) is 97.0 Å². The van der Waals surface area contributed by atoms with Crippen molar-refractivity contribution in [3.8, 4) is 0 Å². The summed E-state index contributed by atoms with van der Waals surface area (Å²) in [6, 6.07) is 6.10. The maximum atomic E-state index is 12.4. The van der Waals surface area contributed by atoms with Crippen molar-refractivity contribution in [1.29, 1.82) is 0 Å². The molecule has 0 spiro atoms. The van der Waals surface area contributed by atoms with Crippen LogP contribution in [0.2, 0.25) is 0 Å². The number of rotatable bonds is 8. The maximum Gasteiger partial charge on any atom is 0.338 e. The lowest BCUT2D eigenvalue weighted by atomic mass is 10.0. The van der Waals surface area contributed by atoms with Crippen molar-refractivity contribution in [1.82, 2.24) is 10.6 Å². The molecule has 0 saturated heterocycles. The van der Waals surface area contributed by atoms with Gasteiger partial charge in [0.2, 0.25) is 0 Å². The molecule has 0 saturated carbocycles. The second-order valence-electron chi connectivity index (χ2n) is 6.23. The van der Waals surface area contributed by atoms with E-state index in [4.69, 9.17) is 9.47 Å². The van der Waals surface area contributed by atoms with E-state index >= 15 is 0 Å². The quantitative estimate of drug-likeness (QED) is 0.662. The van der Waals surface area contributed by atoms with Crippen molar-refractivity contribution in [2.24, 2.45) is 0 Å². The SMILES string of the molecule is CCOC(=O)C1=C(COC(=O)c2ccc(N(CC)CC)cc2)NC(=O)N[C@H]1C. The highest BCUT2D eigenvalue weighted by molar-refractivity contribution is 5.95. The fourth-order valence-electron chi connectivity index (χ4n) is 3.01. The summed E-state index contributed by atoms with van der Waals surface area (Å²) in [5.74, 6) is -1.10. The van der Waals surface area contributed by atoms with Crippen LogP contribution in [0.15, 0.2) is 35.5 Å². The monoisotopic (exact) mass is 389 g/mol. The van der Waals surface area contributed by atoms with Gasteiger partial charge in [0.25, 0.3) is 0 Å². The Morgan fingerprint density at radius 3 is 2.25 bits per heavy atom. The number of esters is 2. The van der Waals surface area contributed by atoms with Crippen LogP contribution in [0, 0.1) is 0 Å². The lowest BCUT2D eigenvalue weighted by molar-refractivity contribution is -0.139. The van der Waals surface area contributed by atoms with Crippen molar-refractivity contribution in [3.05, 3.63) is 41.1 Å². The number of amides is 2. The van der Waals surface area contributed by atoms with Crippen LogP contribution in [0.5, 0.6) is 0 Å². The summed E-state index contributed by atoms with van der Waals surface area (Å²) in [6.45, 7) is 9.20. The maximum absolute atomic E-state index is 12.4. The van der Waals surface area contributed by atoms with Crippen LogP contribution >= 0.6 is 0 Å². The third-order valence-electron chi connectivity index (χ3n) is 4.44. The lowest BCUT2D eigenvalue weighted by Crippen LogP contribution is -2.50. The molecule has 2 N–H and O–H groups in total. The molecule has 1 aliphatic rings. The highest BCUT2D eigenvalue weighted by atomic mass is 16.5.